The first-order valence-electron chi connectivity index (χ1n) is 7.79. The Kier molecular flexibility index (Phi) is 4.48. The van der Waals surface area contributed by atoms with E-state index in [9.17, 15) is 4.79 Å². The van der Waals surface area contributed by atoms with Gasteiger partial charge in [0.2, 0.25) is 0 Å². The summed E-state index contributed by atoms with van der Waals surface area (Å²) in [6.45, 7) is 7.79. The maximum atomic E-state index is 13.0. The Morgan fingerprint density at radius 1 is 1.35 bits per heavy atom. The molecule has 120 valence electrons. The van der Waals surface area contributed by atoms with Crippen LogP contribution in [0.2, 0.25) is 0 Å². The lowest BCUT2D eigenvalue weighted by Gasteiger charge is -2.24. The first kappa shape index (κ1) is 15.7. The lowest BCUT2D eigenvalue weighted by atomic mass is 10.1. The highest BCUT2D eigenvalue weighted by Gasteiger charge is 2.19. The summed E-state index contributed by atoms with van der Waals surface area (Å²) in [5, 5.41) is 2.08. The van der Waals surface area contributed by atoms with E-state index >= 15 is 0 Å². The number of rotatable bonds is 5. The fraction of sp³-hybridized carbons (Fsp3) is 0.333. The smallest absolute Gasteiger partial charge is 0.255 e. The number of carbonyl (C=O) groups excluding carboxylic acids is 1. The van der Waals surface area contributed by atoms with Gasteiger partial charge in [0.15, 0.2) is 0 Å². The van der Waals surface area contributed by atoms with Gasteiger partial charge in [-0.3, -0.25) is 4.79 Å². The molecule has 0 aliphatic heterocycles. The van der Waals surface area contributed by atoms with E-state index < -0.39 is 0 Å². The van der Waals surface area contributed by atoms with Crippen LogP contribution < -0.4 is 0 Å². The summed E-state index contributed by atoms with van der Waals surface area (Å²) in [5.74, 6) is 0.498. The minimum atomic E-state index is 0.0714. The van der Waals surface area contributed by atoms with E-state index in [0.29, 0.717) is 18.0 Å². The zero-order valence-electron chi connectivity index (χ0n) is 13.7. The monoisotopic (exact) mass is 327 g/mol. The van der Waals surface area contributed by atoms with Gasteiger partial charge in [-0.2, -0.15) is 0 Å². The second kappa shape index (κ2) is 6.54. The van der Waals surface area contributed by atoms with Crippen molar-refractivity contribution in [2.45, 2.75) is 27.3 Å². The number of amides is 1. The number of pyridine rings is 1. The van der Waals surface area contributed by atoms with Crippen molar-refractivity contribution in [3.05, 3.63) is 58.2 Å². The van der Waals surface area contributed by atoms with E-state index in [-0.39, 0.29) is 5.91 Å². The van der Waals surface area contributed by atoms with E-state index in [1.165, 1.54) is 10.4 Å². The number of hydrogen-bond acceptors (Lipinski definition) is 3. The average molecular weight is 327 g/mol. The molecule has 3 aromatic heterocycles. The summed E-state index contributed by atoms with van der Waals surface area (Å²) < 4.78 is 1.89. The molecule has 0 unspecified atom stereocenters. The van der Waals surface area contributed by atoms with Crippen molar-refractivity contribution in [3.8, 4) is 0 Å². The Morgan fingerprint density at radius 3 is 2.87 bits per heavy atom. The summed E-state index contributed by atoms with van der Waals surface area (Å²) in [7, 11) is 0. The van der Waals surface area contributed by atoms with Crippen LogP contribution in [0.1, 0.15) is 34.6 Å². The van der Waals surface area contributed by atoms with Crippen LogP contribution in [0, 0.1) is 12.8 Å². The fourth-order valence-electron chi connectivity index (χ4n) is 2.63. The summed E-state index contributed by atoms with van der Waals surface area (Å²) in [6.07, 6.45) is 5.46. The van der Waals surface area contributed by atoms with Crippen molar-refractivity contribution in [2.24, 2.45) is 5.92 Å². The molecule has 5 heteroatoms. The maximum Gasteiger partial charge on any atom is 0.255 e. The first-order valence-corrected chi connectivity index (χ1v) is 8.67. The van der Waals surface area contributed by atoms with Crippen molar-refractivity contribution in [1.29, 1.82) is 0 Å². The van der Waals surface area contributed by atoms with Crippen LogP contribution in [0.3, 0.4) is 0 Å². The number of carbonyl (C=O) groups is 1. The first-order chi connectivity index (χ1) is 11.0. The van der Waals surface area contributed by atoms with Crippen molar-refractivity contribution < 1.29 is 4.79 Å². The zero-order valence-corrected chi connectivity index (χ0v) is 14.5. The highest BCUT2D eigenvalue weighted by atomic mass is 32.1. The minimum Gasteiger partial charge on any atom is -0.333 e. The highest BCUT2D eigenvalue weighted by Crippen LogP contribution is 2.20. The van der Waals surface area contributed by atoms with E-state index in [4.69, 9.17) is 0 Å². The Labute approximate surface area is 140 Å². The van der Waals surface area contributed by atoms with E-state index in [1.54, 1.807) is 17.5 Å². The third-order valence-electron chi connectivity index (χ3n) is 3.81. The van der Waals surface area contributed by atoms with Gasteiger partial charge in [-0.05, 0) is 42.0 Å². The van der Waals surface area contributed by atoms with Gasteiger partial charge in [-0.15, -0.1) is 11.3 Å². The molecule has 0 aromatic carbocycles. The number of imidazole rings is 1. The Morgan fingerprint density at radius 2 is 2.17 bits per heavy atom. The zero-order chi connectivity index (χ0) is 16.4. The molecule has 0 bridgehead atoms. The quantitative estimate of drug-likeness (QED) is 0.710. The Hall–Kier alpha value is -2.14. The van der Waals surface area contributed by atoms with Crippen LogP contribution in [-0.4, -0.2) is 26.7 Å². The van der Waals surface area contributed by atoms with Gasteiger partial charge in [0.25, 0.3) is 5.91 Å². The van der Waals surface area contributed by atoms with Crippen LogP contribution in [0.5, 0.6) is 0 Å². The number of aromatic nitrogens is 2. The lowest BCUT2D eigenvalue weighted by molar-refractivity contribution is 0.0723. The van der Waals surface area contributed by atoms with Crippen LogP contribution in [0.15, 0.2) is 42.2 Å². The normalized spacial score (nSPS) is 11.3. The van der Waals surface area contributed by atoms with Gasteiger partial charge >= 0.3 is 0 Å². The predicted molar refractivity (Wildman–Crippen MR) is 93.8 cm³/mol. The van der Waals surface area contributed by atoms with Crippen LogP contribution in [0.25, 0.3) is 5.65 Å². The second-order valence-electron chi connectivity index (χ2n) is 6.22. The third-order valence-corrected chi connectivity index (χ3v) is 4.82. The van der Waals surface area contributed by atoms with Gasteiger partial charge in [0, 0.05) is 30.0 Å². The highest BCUT2D eigenvalue weighted by molar-refractivity contribution is 7.10. The van der Waals surface area contributed by atoms with Gasteiger partial charge in [-0.1, -0.05) is 13.8 Å². The number of thiophene rings is 1. The van der Waals surface area contributed by atoms with Crippen LogP contribution in [0.4, 0.5) is 0 Å². The van der Waals surface area contributed by atoms with E-state index in [2.05, 4.69) is 37.2 Å². The van der Waals surface area contributed by atoms with Gasteiger partial charge in [0.1, 0.15) is 5.65 Å². The number of fused-ring (bicyclic) bond motifs is 1. The maximum absolute atomic E-state index is 13.0. The number of nitrogens with zero attached hydrogens (tertiary/aromatic N) is 3. The molecule has 0 atom stereocenters. The predicted octanol–water partition coefficient (Wildman–Crippen LogP) is 4.00. The third kappa shape index (κ3) is 3.45. The molecule has 0 aliphatic carbocycles. The molecular formula is C18H21N3OS. The SMILES string of the molecule is Cc1ccsc1CN(CC(C)C)C(=O)c1ccc2nccn2c1. The fourth-order valence-corrected chi connectivity index (χ4v) is 3.55. The van der Waals surface area contributed by atoms with Gasteiger partial charge in [0.05, 0.1) is 12.1 Å². The van der Waals surface area contributed by atoms with Crippen molar-refractivity contribution >= 4 is 22.9 Å². The topological polar surface area (TPSA) is 37.6 Å². The molecule has 23 heavy (non-hydrogen) atoms. The molecule has 0 radical (unpaired) electrons. The lowest BCUT2D eigenvalue weighted by Crippen LogP contribution is -2.33. The van der Waals surface area contributed by atoms with E-state index in [0.717, 1.165) is 12.2 Å². The van der Waals surface area contributed by atoms with Crippen molar-refractivity contribution in [2.75, 3.05) is 6.54 Å². The van der Waals surface area contributed by atoms with Crippen molar-refractivity contribution in [3.63, 3.8) is 0 Å². The minimum absolute atomic E-state index is 0.0714. The molecule has 0 spiro atoms. The molecule has 3 aromatic rings. The van der Waals surface area contributed by atoms with Crippen LogP contribution in [-0.2, 0) is 6.54 Å². The largest absolute Gasteiger partial charge is 0.333 e. The molecule has 0 N–H and O–H groups in total. The Balaban J connectivity index is 1.88. The van der Waals surface area contributed by atoms with E-state index in [1.807, 2.05) is 33.8 Å². The molecule has 0 aliphatic rings. The molecule has 3 rings (SSSR count). The number of aryl methyl sites for hydroxylation is 1. The molecular weight excluding hydrogens is 306 g/mol. The van der Waals surface area contributed by atoms with Gasteiger partial charge in [-0.25, -0.2) is 4.98 Å². The molecule has 1 amide bonds. The summed E-state index contributed by atoms with van der Waals surface area (Å²) in [5.41, 5.74) is 2.80. The second-order valence-corrected chi connectivity index (χ2v) is 7.22. The molecule has 3 heterocycles. The molecule has 0 saturated heterocycles. The number of hydrogen-bond donors (Lipinski definition) is 0. The standard InChI is InChI=1S/C18H21N3OS/c1-13(2)10-21(12-16-14(3)6-9-23-16)18(22)15-4-5-17-19-7-8-20(17)11-15/h4-9,11,13H,10,12H2,1-3H3. The van der Waals surface area contributed by atoms with Crippen molar-refractivity contribution in [1.82, 2.24) is 14.3 Å². The average Bonchev–Trinajstić information content (AvgIpc) is 3.14. The van der Waals surface area contributed by atoms with Crippen LogP contribution >= 0.6 is 11.3 Å². The van der Waals surface area contributed by atoms with Gasteiger partial charge < -0.3 is 9.30 Å². The molecule has 0 saturated carbocycles. The summed E-state index contributed by atoms with van der Waals surface area (Å²) >= 11 is 1.71. The summed E-state index contributed by atoms with van der Waals surface area (Å²) in [4.78, 5) is 20.4. The summed E-state index contributed by atoms with van der Waals surface area (Å²) in [6, 6.07) is 5.85. The molecule has 0 fully saturated rings. The molecule has 4 nitrogen and oxygen atoms in total. The Bertz CT molecular complexity index is 818.